The van der Waals surface area contributed by atoms with Crippen molar-refractivity contribution in [1.82, 2.24) is 0 Å². The molecule has 0 atom stereocenters. The van der Waals surface area contributed by atoms with Gasteiger partial charge in [0.25, 0.3) is 5.69 Å². The third kappa shape index (κ3) is 2.61. The number of hydrogen-bond acceptors (Lipinski definition) is 4. The van der Waals surface area contributed by atoms with Crippen LogP contribution in [0.25, 0.3) is 11.1 Å². The van der Waals surface area contributed by atoms with Crippen LogP contribution < -0.4 is 5.14 Å². The van der Waals surface area contributed by atoms with Crippen molar-refractivity contribution in [1.29, 1.82) is 0 Å². The fraction of sp³-hybridized carbons (Fsp3) is 0. The molecule has 0 spiro atoms. The van der Waals surface area contributed by atoms with Crippen molar-refractivity contribution in [2.75, 3.05) is 0 Å². The van der Waals surface area contributed by atoms with Crippen LogP contribution in [0.1, 0.15) is 0 Å². The molecule has 19 heavy (non-hydrogen) atoms. The second-order valence-corrected chi connectivity index (χ2v) is 5.35. The maximum absolute atomic E-state index is 11.4. The van der Waals surface area contributed by atoms with E-state index in [0.29, 0.717) is 5.56 Å². The van der Waals surface area contributed by atoms with Gasteiger partial charge in [-0.25, -0.2) is 13.6 Å². The van der Waals surface area contributed by atoms with E-state index in [1.54, 1.807) is 30.3 Å². The molecule has 0 fully saturated rings. The molecular weight excluding hydrogens is 268 g/mol. The van der Waals surface area contributed by atoms with Gasteiger partial charge in [-0.2, -0.15) is 0 Å². The first-order valence-corrected chi connectivity index (χ1v) is 6.81. The molecule has 7 heteroatoms. The van der Waals surface area contributed by atoms with E-state index in [4.69, 9.17) is 5.14 Å². The summed E-state index contributed by atoms with van der Waals surface area (Å²) in [5.74, 6) is 0. The second-order valence-electron chi connectivity index (χ2n) is 3.82. The van der Waals surface area contributed by atoms with Gasteiger partial charge in [0.05, 0.1) is 10.5 Å². The van der Waals surface area contributed by atoms with Crippen LogP contribution in [0.4, 0.5) is 5.69 Å². The number of nitro groups is 1. The summed E-state index contributed by atoms with van der Waals surface area (Å²) in [5.41, 5.74) is 0.271. The van der Waals surface area contributed by atoms with E-state index in [1.165, 1.54) is 12.1 Å². The summed E-state index contributed by atoms with van der Waals surface area (Å²) < 4.78 is 22.8. The minimum atomic E-state index is -4.15. The van der Waals surface area contributed by atoms with Crippen LogP contribution >= 0.6 is 0 Å². The van der Waals surface area contributed by atoms with E-state index in [1.807, 2.05) is 0 Å². The quantitative estimate of drug-likeness (QED) is 0.684. The minimum Gasteiger partial charge on any atom is -0.258 e. The molecule has 0 saturated carbocycles. The monoisotopic (exact) mass is 278 g/mol. The van der Waals surface area contributed by atoms with E-state index in [9.17, 15) is 18.5 Å². The Kier molecular flexibility index (Phi) is 3.32. The predicted molar refractivity (Wildman–Crippen MR) is 69.9 cm³/mol. The first-order chi connectivity index (χ1) is 8.91. The van der Waals surface area contributed by atoms with Gasteiger partial charge < -0.3 is 0 Å². The van der Waals surface area contributed by atoms with Crippen LogP contribution in [0.3, 0.4) is 0 Å². The molecule has 0 radical (unpaired) electrons. The number of nitrogens with two attached hydrogens (primary N) is 1. The molecule has 0 saturated heterocycles. The maximum atomic E-state index is 11.4. The lowest BCUT2D eigenvalue weighted by Crippen LogP contribution is -2.14. The van der Waals surface area contributed by atoms with Crippen molar-refractivity contribution < 1.29 is 13.3 Å². The summed E-state index contributed by atoms with van der Waals surface area (Å²) in [4.78, 5) is 9.93. The van der Waals surface area contributed by atoms with Crippen molar-refractivity contribution in [2.45, 2.75) is 4.90 Å². The average Bonchev–Trinajstić information content (AvgIpc) is 2.37. The number of para-hydroxylation sites is 1. The van der Waals surface area contributed by atoms with Gasteiger partial charge in [0.2, 0.25) is 10.0 Å². The molecule has 0 amide bonds. The Morgan fingerprint density at radius 3 is 2.16 bits per heavy atom. The number of nitro benzene ring substituents is 1. The van der Waals surface area contributed by atoms with Crippen LogP contribution in [-0.2, 0) is 10.0 Å². The highest BCUT2D eigenvalue weighted by molar-refractivity contribution is 7.89. The Bertz CT molecular complexity index is 727. The third-order valence-electron chi connectivity index (χ3n) is 2.57. The average molecular weight is 278 g/mol. The standard InChI is InChI=1S/C12H10N2O4S/c13-19(17,18)11-8-4-7-10(12(11)14(15)16)9-5-2-1-3-6-9/h1-8H,(H2,13,17,18). The molecule has 98 valence electrons. The van der Waals surface area contributed by atoms with Crippen LogP contribution in [-0.4, -0.2) is 13.3 Å². The molecule has 2 rings (SSSR count). The lowest BCUT2D eigenvalue weighted by atomic mass is 10.0. The molecule has 0 aromatic heterocycles. The van der Waals surface area contributed by atoms with E-state index >= 15 is 0 Å². The van der Waals surface area contributed by atoms with Crippen LogP contribution in [0.2, 0.25) is 0 Å². The molecule has 0 aliphatic rings. The number of sulfonamides is 1. The van der Waals surface area contributed by atoms with Gasteiger partial charge in [-0.15, -0.1) is 0 Å². The molecule has 2 aromatic rings. The lowest BCUT2D eigenvalue weighted by molar-refractivity contribution is -0.387. The largest absolute Gasteiger partial charge is 0.297 e. The number of hydrogen-bond donors (Lipinski definition) is 1. The van der Waals surface area contributed by atoms with Crippen LogP contribution in [0.15, 0.2) is 53.4 Å². The summed E-state index contributed by atoms with van der Waals surface area (Å²) in [6, 6.07) is 12.5. The summed E-state index contributed by atoms with van der Waals surface area (Å²) in [5, 5.41) is 16.2. The van der Waals surface area contributed by atoms with E-state index < -0.39 is 25.5 Å². The van der Waals surface area contributed by atoms with E-state index in [0.717, 1.165) is 6.07 Å². The van der Waals surface area contributed by atoms with Crippen LogP contribution in [0, 0.1) is 10.1 Å². The molecule has 0 unspecified atom stereocenters. The molecule has 0 bridgehead atoms. The van der Waals surface area contributed by atoms with Crippen molar-refractivity contribution in [3.63, 3.8) is 0 Å². The van der Waals surface area contributed by atoms with Crippen LogP contribution in [0.5, 0.6) is 0 Å². The fourth-order valence-corrected chi connectivity index (χ4v) is 2.51. The Labute approximate surface area is 109 Å². The summed E-state index contributed by atoms with van der Waals surface area (Å²) in [6.45, 7) is 0. The Morgan fingerprint density at radius 2 is 1.63 bits per heavy atom. The third-order valence-corrected chi connectivity index (χ3v) is 3.52. The van der Waals surface area contributed by atoms with Gasteiger partial charge in [-0.3, -0.25) is 10.1 Å². The number of benzene rings is 2. The van der Waals surface area contributed by atoms with Gasteiger partial charge in [-0.05, 0) is 17.7 Å². The summed E-state index contributed by atoms with van der Waals surface area (Å²) >= 11 is 0. The van der Waals surface area contributed by atoms with Crippen molar-refractivity contribution in [3.05, 3.63) is 58.6 Å². The van der Waals surface area contributed by atoms with E-state index in [-0.39, 0.29) is 5.56 Å². The minimum absolute atomic E-state index is 0.220. The maximum Gasteiger partial charge on any atom is 0.297 e. The topological polar surface area (TPSA) is 103 Å². The molecule has 0 heterocycles. The number of nitrogens with zero attached hydrogens (tertiary/aromatic N) is 1. The van der Waals surface area contributed by atoms with Gasteiger partial charge in [0.1, 0.15) is 0 Å². The van der Waals surface area contributed by atoms with Crippen molar-refractivity contribution >= 4 is 15.7 Å². The molecule has 0 aliphatic carbocycles. The fourth-order valence-electron chi connectivity index (χ4n) is 1.79. The second kappa shape index (κ2) is 4.79. The number of primary sulfonamides is 1. The summed E-state index contributed by atoms with van der Waals surface area (Å²) in [7, 11) is -4.15. The first-order valence-electron chi connectivity index (χ1n) is 5.27. The van der Waals surface area contributed by atoms with Gasteiger partial charge in [0, 0.05) is 0 Å². The van der Waals surface area contributed by atoms with Gasteiger partial charge in [-0.1, -0.05) is 36.4 Å². The van der Waals surface area contributed by atoms with Crippen molar-refractivity contribution in [2.24, 2.45) is 5.14 Å². The molecule has 6 nitrogen and oxygen atoms in total. The van der Waals surface area contributed by atoms with Gasteiger partial charge >= 0.3 is 0 Å². The highest BCUT2D eigenvalue weighted by Gasteiger charge is 2.26. The zero-order valence-electron chi connectivity index (χ0n) is 9.68. The number of rotatable bonds is 3. The molecule has 2 N–H and O–H groups in total. The predicted octanol–water partition coefficient (Wildman–Crippen LogP) is 1.91. The zero-order valence-corrected chi connectivity index (χ0v) is 10.5. The lowest BCUT2D eigenvalue weighted by Gasteiger charge is -2.06. The van der Waals surface area contributed by atoms with E-state index in [2.05, 4.69) is 0 Å². The van der Waals surface area contributed by atoms with Crippen molar-refractivity contribution in [3.8, 4) is 11.1 Å². The molecular formula is C12H10N2O4S. The molecule has 0 aliphatic heterocycles. The highest BCUT2D eigenvalue weighted by atomic mass is 32.2. The Hall–Kier alpha value is -2.25. The Balaban J connectivity index is 2.80. The summed E-state index contributed by atoms with van der Waals surface area (Å²) in [6.07, 6.45) is 0. The highest BCUT2D eigenvalue weighted by Crippen LogP contribution is 2.34. The Morgan fingerprint density at radius 1 is 1.00 bits per heavy atom. The van der Waals surface area contributed by atoms with Gasteiger partial charge in [0.15, 0.2) is 4.90 Å². The molecule has 2 aromatic carbocycles. The zero-order chi connectivity index (χ0) is 14.0. The first kappa shape index (κ1) is 13.2. The normalized spacial score (nSPS) is 11.2. The smallest absolute Gasteiger partial charge is 0.258 e. The SMILES string of the molecule is NS(=O)(=O)c1cccc(-c2ccccc2)c1[N+](=O)[O-].